The van der Waals surface area contributed by atoms with Gasteiger partial charge in [-0.1, -0.05) is 17.7 Å². The highest BCUT2D eigenvalue weighted by Crippen LogP contribution is 2.49. The van der Waals surface area contributed by atoms with E-state index in [0.717, 1.165) is 33.9 Å². The molecule has 0 radical (unpaired) electrons. The van der Waals surface area contributed by atoms with Crippen LogP contribution in [-0.2, 0) is 0 Å². The van der Waals surface area contributed by atoms with E-state index in [-0.39, 0.29) is 12.3 Å². The Labute approximate surface area is 178 Å². The molecule has 0 spiro atoms. The lowest BCUT2D eigenvalue weighted by atomic mass is 9.96. The predicted octanol–water partition coefficient (Wildman–Crippen LogP) is 5.66. The predicted molar refractivity (Wildman–Crippen MR) is 114 cm³/mol. The lowest BCUT2D eigenvalue weighted by molar-refractivity contribution is -0.0165. The van der Waals surface area contributed by atoms with Gasteiger partial charge in [0.25, 0.3) is 0 Å². The van der Waals surface area contributed by atoms with Gasteiger partial charge >= 0.3 is 0 Å². The molecule has 148 valence electrons. The first-order valence-corrected chi connectivity index (χ1v) is 10.5. The van der Waals surface area contributed by atoms with Gasteiger partial charge in [-0.3, -0.25) is 0 Å². The molecule has 7 heteroatoms. The van der Waals surface area contributed by atoms with Crippen LogP contribution >= 0.6 is 22.9 Å². The molecule has 2 aromatic carbocycles. The van der Waals surface area contributed by atoms with Gasteiger partial charge in [-0.15, -0.1) is 11.3 Å². The van der Waals surface area contributed by atoms with E-state index in [1.807, 2.05) is 42.5 Å². The lowest BCUT2D eigenvalue weighted by Crippen LogP contribution is -2.33. The van der Waals surface area contributed by atoms with Crippen LogP contribution in [0.3, 0.4) is 0 Å². The van der Waals surface area contributed by atoms with Gasteiger partial charge in [-0.25, -0.2) is 5.01 Å². The quantitative estimate of drug-likeness (QED) is 0.539. The summed E-state index contributed by atoms with van der Waals surface area (Å²) in [6, 6.07) is 15.9. The van der Waals surface area contributed by atoms with Crippen molar-refractivity contribution in [1.29, 1.82) is 0 Å². The minimum Gasteiger partial charge on any atom is -0.493 e. The van der Waals surface area contributed by atoms with Crippen LogP contribution in [-0.4, -0.2) is 24.9 Å². The number of thiophene rings is 1. The largest absolute Gasteiger partial charge is 0.493 e. The number of nitrogens with zero attached hydrogens (tertiary/aromatic N) is 2. The molecule has 0 N–H and O–H groups in total. The van der Waals surface area contributed by atoms with Crippen molar-refractivity contribution in [3.63, 3.8) is 0 Å². The molecule has 0 aliphatic carbocycles. The van der Waals surface area contributed by atoms with Crippen LogP contribution in [0.5, 0.6) is 17.2 Å². The highest BCUT2D eigenvalue weighted by Gasteiger charge is 2.41. The number of ether oxygens (including phenoxy) is 3. The first-order chi connectivity index (χ1) is 14.2. The fourth-order valence-corrected chi connectivity index (χ4v) is 4.79. The molecule has 2 aliphatic rings. The molecule has 0 fully saturated rings. The number of halogens is 1. The average Bonchev–Trinajstić information content (AvgIpc) is 3.43. The summed E-state index contributed by atoms with van der Waals surface area (Å²) in [7, 11) is 3.27. The van der Waals surface area contributed by atoms with Crippen molar-refractivity contribution >= 4 is 28.6 Å². The Morgan fingerprint density at radius 1 is 1.10 bits per heavy atom. The monoisotopic (exact) mass is 426 g/mol. The smallest absolute Gasteiger partial charge is 0.222 e. The first kappa shape index (κ1) is 18.3. The zero-order valence-electron chi connectivity index (χ0n) is 16.0. The van der Waals surface area contributed by atoms with Gasteiger partial charge in [0.15, 0.2) is 11.5 Å². The first-order valence-electron chi connectivity index (χ1n) is 9.25. The third-order valence-corrected chi connectivity index (χ3v) is 6.39. The molecule has 0 bridgehead atoms. The van der Waals surface area contributed by atoms with Crippen LogP contribution in [0.25, 0.3) is 0 Å². The van der Waals surface area contributed by atoms with Crippen molar-refractivity contribution in [3.05, 3.63) is 74.9 Å². The van der Waals surface area contributed by atoms with Gasteiger partial charge in [0.05, 0.1) is 30.9 Å². The highest BCUT2D eigenvalue weighted by atomic mass is 35.5. The van der Waals surface area contributed by atoms with Crippen LogP contribution in [0.4, 0.5) is 0 Å². The topological polar surface area (TPSA) is 43.3 Å². The molecule has 5 rings (SSSR count). The number of methoxy groups -OCH3 is 2. The van der Waals surface area contributed by atoms with Crippen molar-refractivity contribution in [2.45, 2.75) is 18.7 Å². The molecule has 1 aromatic heterocycles. The molecule has 0 unspecified atom stereocenters. The van der Waals surface area contributed by atoms with Gasteiger partial charge in [0.2, 0.25) is 6.23 Å². The minimum atomic E-state index is -0.258. The average molecular weight is 427 g/mol. The van der Waals surface area contributed by atoms with Crippen LogP contribution < -0.4 is 14.2 Å². The normalized spacial score (nSPS) is 19.8. The fourth-order valence-electron chi connectivity index (χ4n) is 3.87. The number of benzene rings is 2. The van der Waals surface area contributed by atoms with E-state index in [1.54, 1.807) is 25.6 Å². The summed E-state index contributed by atoms with van der Waals surface area (Å²) < 4.78 is 17.2. The second-order valence-electron chi connectivity index (χ2n) is 6.88. The van der Waals surface area contributed by atoms with Gasteiger partial charge in [-0.2, -0.15) is 5.10 Å². The summed E-state index contributed by atoms with van der Waals surface area (Å²) in [6.07, 6.45) is 0.500. The Morgan fingerprint density at radius 3 is 2.72 bits per heavy atom. The summed E-state index contributed by atoms with van der Waals surface area (Å²) in [6.45, 7) is 0. The Hall–Kier alpha value is -2.70. The standard InChI is InChI=1S/C22H19ClN2O3S/c1-26-19-7-5-13(10-20(19)27-2)16-12-17-15-11-14(23)6-8-18(15)28-22(25(17)24-16)21-4-3-9-29-21/h3-11,17,22H,12H2,1-2H3/t17-,22+/m1/s1. The van der Waals surface area contributed by atoms with E-state index in [2.05, 4.69) is 16.5 Å². The molecule has 2 atom stereocenters. The number of fused-ring (bicyclic) bond motifs is 3. The Morgan fingerprint density at radius 2 is 1.97 bits per heavy atom. The molecule has 3 heterocycles. The zero-order valence-corrected chi connectivity index (χ0v) is 17.5. The number of hydrogen-bond acceptors (Lipinski definition) is 6. The SMILES string of the molecule is COc1ccc(C2=NN3[C@H](C2)c2cc(Cl)ccc2O[C@H]3c2cccs2)cc1OC. The number of hydrazone groups is 1. The van der Waals surface area contributed by atoms with E-state index < -0.39 is 0 Å². The molecule has 0 saturated carbocycles. The molecule has 5 nitrogen and oxygen atoms in total. The van der Waals surface area contributed by atoms with Crippen LogP contribution in [0, 0.1) is 0 Å². The summed E-state index contributed by atoms with van der Waals surface area (Å²) >= 11 is 7.96. The third kappa shape index (κ3) is 3.12. The van der Waals surface area contributed by atoms with Crippen LogP contribution in [0.15, 0.2) is 59.0 Å². The van der Waals surface area contributed by atoms with Crippen molar-refractivity contribution in [2.75, 3.05) is 14.2 Å². The third-order valence-electron chi connectivity index (χ3n) is 5.26. The summed E-state index contributed by atoms with van der Waals surface area (Å²) in [5.74, 6) is 2.24. The molecule has 0 saturated heterocycles. The number of hydrogen-bond donors (Lipinski definition) is 0. The summed E-state index contributed by atoms with van der Waals surface area (Å²) in [5.41, 5.74) is 3.05. The van der Waals surface area contributed by atoms with Gasteiger partial charge in [0, 0.05) is 22.6 Å². The summed E-state index contributed by atoms with van der Waals surface area (Å²) in [5, 5.41) is 9.77. The van der Waals surface area contributed by atoms with Crippen molar-refractivity contribution < 1.29 is 14.2 Å². The van der Waals surface area contributed by atoms with E-state index in [9.17, 15) is 0 Å². The maximum absolute atomic E-state index is 6.34. The summed E-state index contributed by atoms with van der Waals surface area (Å²) in [4.78, 5) is 1.12. The van der Waals surface area contributed by atoms with Crippen LogP contribution in [0.1, 0.15) is 34.7 Å². The Balaban J connectivity index is 1.58. The molecule has 0 amide bonds. The maximum atomic E-state index is 6.34. The molecule has 29 heavy (non-hydrogen) atoms. The fraction of sp³-hybridized carbons (Fsp3) is 0.227. The van der Waals surface area contributed by atoms with E-state index in [4.69, 9.17) is 30.9 Å². The Kier molecular flexibility index (Phi) is 4.60. The molecular formula is C22H19ClN2O3S. The Bertz CT molecular complexity index is 1080. The molecular weight excluding hydrogens is 408 g/mol. The van der Waals surface area contributed by atoms with Crippen molar-refractivity contribution in [3.8, 4) is 17.2 Å². The maximum Gasteiger partial charge on any atom is 0.222 e. The van der Waals surface area contributed by atoms with Gasteiger partial charge in [0.1, 0.15) is 5.75 Å². The van der Waals surface area contributed by atoms with E-state index >= 15 is 0 Å². The minimum absolute atomic E-state index is 0.0626. The molecule has 3 aromatic rings. The van der Waals surface area contributed by atoms with E-state index in [1.165, 1.54) is 0 Å². The van der Waals surface area contributed by atoms with Crippen molar-refractivity contribution in [2.24, 2.45) is 5.10 Å². The van der Waals surface area contributed by atoms with E-state index in [0.29, 0.717) is 16.5 Å². The number of rotatable bonds is 4. The van der Waals surface area contributed by atoms with Crippen molar-refractivity contribution in [1.82, 2.24) is 5.01 Å². The second-order valence-corrected chi connectivity index (χ2v) is 8.30. The lowest BCUT2D eigenvalue weighted by Gasteiger charge is -2.37. The van der Waals surface area contributed by atoms with Gasteiger partial charge < -0.3 is 14.2 Å². The van der Waals surface area contributed by atoms with Crippen LogP contribution in [0.2, 0.25) is 5.02 Å². The second kappa shape index (κ2) is 7.28. The van der Waals surface area contributed by atoms with Gasteiger partial charge in [-0.05, 0) is 47.8 Å². The molecule has 2 aliphatic heterocycles. The highest BCUT2D eigenvalue weighted by molar-refractivity contribution is 7.10. The zero-order chi connectivity index (χ0) is 20.0.